The first-order valence-electron chi connectivity index (χ1n) is 6.57. The monoisotopic (exact) mass is 268 g/mol. The molecule has 3 rings (SSSR count). The van der Waals surface area contributed by atoms with Gasteiger partial charge in [-0.25, -0.2) is 0 Å². The summed E-state index contributed by atoms with van der Waals surface area (Å²) in [5.41, 5.74) is 3.77. The highest BCUT2D eigenvalue weighted by atomic mass is 16.5. The van der Waals surface area contributed by atoms with Crippen molar-refractivity contribution in [3.8, 4) is 5.75 Å². The lowest BCUT2D eigenvalue weighted by atomic mass is 10.1. The van der Waals surface area contributed by atoms with E-state index in [1.54, 1.807) is 0 Å². The summed E-state index contributed by atoms with van der Waals surface area (Å²) in [5.74, 6) is 0.870. The molecule has 0 radical (unpaired) electrons. The van der Waals surface area contributed by atoms with Crippen LogP contribution in [0.15, 0.2) is 42.5 Å². The molecule has 2 N–H and O–H groups in total. The Hall–Kier alpha value is -2.49. The van der Waals surface area contributed by atoms with Gasteiger partial charge in [0.1, 0.15) is 12.4 Å². The Labute approximate surface area is 117 Å². The fourth-order valence-electron chi connectivity index (χ4n) is 2.25. The SMILES string of the molecule is CNc1ccccc1C(=O)NCc1ccc2c(c1)CO2. The number of hydrogen-bond donors (Lipinski definition) is 2. The molecule has 4 heteroatoms. The van der Waals surface area contributed by atoms with E-state index in [2.05, 4.69) is 16.7 Å². The van der Waals surface area contributed by atoms with Crippen molar-refractivity contribution in [1.82, 2.24) is 5.32 Å². The maximum absolute atomic E-state index is 12.2. The van der Waals surface area contributed by atoms with Gasteiger partial charge in [0, 0.05) is 24.8 Å². The fraction of sp³-hybridized carbons (Fsp3) is 0.188. The first-order valence-corrected chi connectivity index (χ1v) is 6.57. The Morgan fingerprint density at radius 3 is 2.80 bits per heavy atom. The van der Waals surface area contributed by atoms with E-state index in [-0.39, 0.29) is 5.91 Å². The Bertz CT molecular complexity index is 653. The zero-order valence-electron chi connectivity index (χ0n) is 11.3. The van der Waals surface area contributed by atoms with Gasteiger partial charge in [0.25, 0.3) is 5.91 Å². The minimum atomic E-state index is -0.0751. The van der Waals surface area contributed by atoms with Crippen LogP contribution < -0.4 is 15.4 Å². The quantitative estimate of drug-likeness (QED) is 0.896. The average molecular weight is 268 g/mol. The predicted octanol–water partition coefficient (Wildman–Crippen LogP) is 2.55. The van der Waals surface area contributed by atoms with Gasteiger partial charge in [0.2, 0.25) is 0 Å². The summed E-state index contributed by atoms with van der Waals surface area (Å²) in [6, 6.07) is 13.5. The number of amides is 1. The molecule has 102 valence electrons. The van der Waals surface area contributed by atoms with E-state index in [0.29, 0.717) is 18.7 Å². The largest absolute Gasteiger partial charge is 0.488 e. The molecule has 0 atom stereocenters. The van der Waals surface area contributed by atoms with Crippen molar-refractivity contribution in [2.24, 2.45) is 0 Å². The lowest BCUT2D eigenvalue weighted by Gasteiger charge is -2.20. The van der Waals surface area contributed by atoms with E-state index in [1.807, 2.05) is 43.4 Å². The summed E-state index contributed by atoms with van der Waals surface area (Å²) < 4.78 is 5.26. The van der Waals surface area contributed by atoms with E-state index >= 15 is 0 Å². The Morgan fingerprint density at radius 1 is 1.25 bits per heavy atom. The highest BCUT2D eigenvalue weighted by Crippen LogP contribution is 2.29. The van der Waals surface area contributed by atoms with Crippen LogP contribution >= 0.6 is 0 Å². The minimum Gasteiger partial charge on any atom is -0.488 e. The zero-order chi connectivity index (χ0) is 13.9. The molecule has 2 aromatic carbocycles. The Morgan fingerprint density at radius 2 is 2.10 bits per heavy atom. The highest BCUT2D eigenvalue weighted by molar-refractivity contribution is 5.99. The first-order chi connectivity index (χ1) is 9.78. The van der Waals surface area contributed by atoms with E-state index < -0.39 is 0 Å². The molecule has 1 aliphatic rings. The molecule has 0 saturated carbocycles. The molecule has 0 saturated heterocycles. The molecule has 0 aromatic heterocycles. The number of carbonyl (C=O) groups is 1. The number of rotatable bonds is 4. The van der Waals surface area contributed by atoms with Gasteiger partial charge in [-0.3, -0.25) is 4.79 Å². The number of fused-ring (bicyclic) bond motifs is 1. The molecular weight excluding hydrogens is 252 g/mol. The van der Waals surface area contributed by atoms with Crippen molar-refractivity contribution < 1.29 is 9.53 Å². The average Bonchev–Trinajstić information content (AvgIpc) is 2.47. The van der Waals surface area contributed by atoms with E-state index in [4.69, 9.17) is 4.74 Å². The smallest absolute Gasteiger partial charge is 0.253 e. The van der Waals surface area contributed by atoms with E-state index in [0.717, 1.165) is 17.0 Å². The van der Waals surface area contributed by atoms with Gasteiger partial charge in [-0.2, -0.15) is 0 Å². The van der Waals surface area contributed by atoms with Gasteiger partial charge >= 0.3 is 0 Å². The topological polar surface area (TPSA) is 50.4 Å². The van der Waals surface area contributed by atoms with Crippen molar-refractivity contribution in [3.05, 3.63) is 59.2 Å². The van der Waals surface area contributed by atoms with Crippen molar-refractivity contribution in [2.75, 3.05) is 12.4 Å². The summed E-state index contributed by atoms with van der Waals surface area (Å²) >= 11 is 0. The van der Waals surface area contributed by atoms with Crippen LogP contribution in [0.3, 0.4) is 0 Å². The van der Waals surface area contributed by atoms with E-state index in [9.17, 15) is 4.79 Å². The summed E-state index contributed by atoms with van der Waals surface area (Å²) in [6.07, 6.45) is 0. The molecule has 20 heavy (non-hydrogen) atoms. The van der Waals surface area contributed by atoms with Crippen molar-refractivity contribution in [3.63, 3.8) is 0 Å². The lowest BCUT2D eigenvalue weighted by molar-refractivity contribution is 0.0951. The van der Waals surface area contributed by atoms with Crippen molar-refractivity contribution in [2.45, 2.75) is 13.2 Å². The molecule has 0 bridgehead atoms. The minimum absolute atomic E-state index is 0.0751. The molecule has 0 spiro atoms. The maximum atomic E-state index is 12.2. The highest BCUT2D eigenvalue weighted by Gasteiger charge is 2.15. The molecular formula is C16H16N2O2. The van der Waals surface area contributed by atoms with Crippen LogP contribution in [-0.4, -0.2) is 13.0 Å². The third-order valence-corrected chi connectivity index (χ3v) is 3.40. The van der Waals surface area contributed by atoms with Gasteiger partial charge < -0.3 is 15.4 Å². The van der Waals surface area contributed by atoms with Crippen LogP contribution in [0.5, 0.6) is 5.75 Å². The van der Waals surface area contributed by atoms with Gasteiger partial charge in [0.05, 0.1) is 5.56 Å². The first kappa shape index (κ1) is 12.5. The molecule has 1 amide bonds. The summed E-state index contributed by atoms with van der Waals surface area (Å²) in [5, 5.41) is 5.96. The Kier molecular flexibility index (Phi) is 3.29. The van der Waals surface area contributed by atoms with Crippen LogP contribution in [0.25, 0.3) is 0 Å². The summed E-state index contributed by atoms with van der Waals surface area (Å²) in [6.45, 7) is 1.18. The number of carbonyl (C=O) groups excluding carboxylic acids is 1. The second kappa shape index (κ2) is 5.25. The maximum Gasteiger partial charge on any atom is 0.253 e. The molecule has 0 fully saturated rings. The number of para-hydroxylation sites is 1. The third-order valence-electron chi connectivity index (χ3n) is 3.40. The van der Waals surface area contributed by atoms with Gasteiger partial charge in [-0.1, -0.05) is 18.2 Å². The third kappa shape index (κ3) is 2.32. The molecule has 2 aromatic rings. The number of nitrogens with one attached hydrogen (secondary N) is 2. The number of benzene rings is 2. The molecule has 1 heterocycles. The second-order valence-corrected chi connectivity index (χ2v) is 4.71. The molecule has 0 unspecified atom stereocenters. The molecule has 4 nitrogen and oxygen atoms in total. The Balaban J connectivity index is 1.68. The van der Waals surface area contributed by atoms with Crippen molar-refractivity contribution >= 4 is 11.6 Å². The molecule has 0 aliphatic carbocycles. The van der Waals surface area contributed by atoms with Crippen molar-refractivity contribution in [1.29, 1.82) is 0 Å². The van der Waals surface area contributed by atoms with Crippen LogP contribution in [0, 0.1) is 0 Å². The summed E-state index contributed by atoms with van der Waals surface area (Å²) in [7, 11) is 1.81. The van der Waals surface area contributed by atoms with E-state index in [1.165, 1.54) is 5.56 Å². The molecule has 1 aliphatic heterocycles. The van der Waals surface area contributed by atoms with Crippen LogP contribution in [0.1, 0.15) is 21.5 Å². The van der Waals surface area contributed by atoms with Crippen LogP contribution in [-0.2, 0) is 13.2 Å². The lowest BCUT2D eigenvalue weighted by Crippen LogP contribution is -2.24. The normalized spacial score (nSPS) is 11.8. The second-order valence-electron chi connectivity index (χ2n) is 4.71. The standard InChI is InChI=1S/C16H16N2O2/c1-17-14-5-3-2-4-13(14)16(19)18-9-11-6-7-15-12(8-11)10-20-15/h2-8,17H,9-10H2,1H3,(H,18,19). The van der Waals surface area contributed by atoms with Gasteiger partial charge in [0.15, 0.2) is 0 Å². The fourth-order valence-corrected chi connectivity index (χ4v) is 2.25. The number of ether oxygens (including phenoxy) is 1. The predicted molar refractivity (Wildman–Crippen MR) is 77.9 cm³/mol. The number of anilines is 1. The zero-order valence-corrected chi connectivity index (χ0v) is 11.3. The van der Waals surface area contributed by atoms with Gasteiger partial charge in [-0.05, 0) is 29.8 Å². The number of hydrogen-bond acceptors (Lipinski definition) is 3. The van der Waals surface area contributed by atoms with Crippen LogP contribution in [0.2, 0.25) is 0 Å². The van der Waals surface area contributed by atoms with Gasteiger partial charge in [-0.15, -0.1) is 0 Å². The van der Waals surface area contributed by atoms with Crippen LogP contribution in [0.4, 0.5) is 5.69 Å². The summed E-state index contributed by atoms with van der Waals surface area (Å²) in [4.78, 5) is 12.2.